The Balaban J connectivity index is 0.00000134. The van der Waals surface area contributed by atoms with Gasteiger partial charge in [0.15, 0.2) is 0 Å². The summed E-state index contributed by atoms with van der Waals surface area (Å²) in [5.74, 6) is 0. The normalized spacial score (nSPS) is 13.1. The van der Waals surface area contributed by atoms with E-state index >= 15 is 0 Å². The van der Waals surface area contributed by atoms with Crippen LogP contribution in [-0.4, -0.2) is 47.4 Å². The predicted octanol–water partition coefficient (Wildman–Crippen LogP) is 11.4. The van der Waals surface area contributed by atoms with Crippen molar-refractivity contribution in [2.75, 3.05) is 13.2 Å². The average molecular weight is 995 g/mol. The van der Waals surface area contributed by atoms with E-state index in [1.807, 2.05) is 0 Å². The minimum absolute atomic E-state index is 0. The maximum Gasteiger partial charge on any atom is 4.00 e. The Bertz CT molecular complexity index is 2060. The van der Waals surface area contributed by atoms with Gasteiger partial charge in [-0.3, -0.25) is 0 Å². The minimum atomic E-state index is -1.21. The number of aryl methyl sites for hydroxylation is 4. The molecular formula is C55H79LiN4OSi3Zr. The number of rotatable bonds is 8. The number of aromatic nitrogens is 4. The third-order valence-electron chi connectivity index (χ3n) is 10.8. The molecule has 65 heavy (non-hydrogen) atoms. The van der Waals surface area contributed by atoms with E-state index in [0.717, 1.165) is 109 Å². The number of allylic oxidation sites excluding steroid dienone is 4. The van der Waals surface area contributed by atoms with E-state index in [9.17, 15) is 0 Å². The smallest absolute Gasteiger partial charge is 0.701 e. The Kier molecular flexibility index (Phi) is 28.1. The van der Waals surface area contributed by atoms with Crippen LogP contribution in [0.4, 0.5) is 0 Å². The van der Waals surface area contributed by atoms with Crippen LogP contribution in [0.3, 0.4) is 0 Å². The van der Waals surface area contributed by atoms with Gasteiger partial charge >= 0.3 is 45.1 Å². The summed E-state index contributed by atoms with van der Waals surface area (Å²) in [6.45, 7) is 38.7. The van der Waals surface area contributed by atoms with Gasteiger partial charge < -0.3 is 50.6 Å². The Morgan fingerprint density at radius 3 is 0.769 bits per heavy atom. The van der Waals surface area contributed by atoms with Crippen molar-refractivity contribution < 1.29 is 49.8 Å². The molecule has 0 saturated carbocycles. The summed E-state index contributed by atoms with van der Waals surface area (Å²) in [6.07, 6.45) is 30.2. The number of fused-ring (bicyclic) bond motifs is 8. The zero-order valence-electron chi connectivity index (χ0n) is 44.0. The van der Waals surface area contributed by atoms with E-state index in [1.165, 1.54) is 57.4 Å². The summed E-state index contributed by atoms with van der Waals surface area (Å²) in [7, 11) is -3.64. The molecule has 3 aliphatic heterocycles. The SMILES string of the molecule is C1CCOC1.CCC1=C(CC)c2cc3[n-]c(cc4nc(cc5[n-]c(cc1n2)c(CC)c5CC)C(CC)=C4CC)c(CC)c3CC.[C-]#C[Si](C)(C)C.[C-]#C[Si](C)(C)C.[C-]#C[Si](C)(C)C.[Li+].[Zr+4]. The molecule has 5 nitrogen and oxygen atoms in total. The Labute approximate surface area is 431 Å². The molecule has 3 aromatic rings. The third kappa shape index (κ3) is 18.8. The molecule has 0 aliphatic carbocycles. The molecule has 1 fully saturated rings. The molecule has 0 amide bonds. The molecule has 8 bridgehead atoms. The second-order valence-electron chi connectivity index (χ2n) is 19.2. The van der Waals surface area contributed by atoms with Crippen molar-refractivity contribution in [3.05, 3.63) is 88.6 Å². The van der Waals surface area contributed by atoms with Gasteiger partial charge in [-0.2, -0.15) is 0 Å². The first-order valence-electron chi connectivity index (χ1n) is 23.7. The molecule has 3 aliphatic rings. The first-order valence-corrected chi connectivity index (χ1v) is 34.2. The molecular weight excluding hydrogens is 915 g/mol. The molecule has 0 N–H and O–H groups in total. The zero-order valence-corrected chi connectivity index (χ0v) is 49.4. The molecule has 0 atom stereocenters. The number of ether oxygens (including phenoxy) is 1. The molecule has 6 heterocycles. The summed E-state index contributed by atoms with van der Waals surface area (Å²) in [6, 6.07) is 8.98. The quantitative estimate of drug-likeness (QED) is 0.128. The van der Waals surface area contributed by atoms with Gasteiger partial charge in [-0.25, -0.2) is 9.97 Å². The van der Waals surface area contributed by atoms with Crippen LogP contribution in [0.5, 0.6) is 0 Å². The van der Waals surface area contributed by atoms with Crippen LogP contribution < -0.4 is 28.8 Å². The van der Waals surface area contributed by atoms with E-state index in [1.54, 1.807) is 0 Å². The maximum atomic E-state index is 6.67. The molecule has 0 spiro atoms. The first-order chi connectivity index (χ1) is 29.6. The third-order valence-corrected chi connectivity index (χ3v) is 13.0. The molecule has 0 radical (unpaired) electrons. The number of nitrogens with zero attached hydrogens (tertiary/aromatic N) is 4. The van der Waals surface area contributed by atoms with Crippen molar-refractivity contribution in [1.82, 2.24) is 19.9 Å². The topological polar surface area (TPSA) is 63.2 Å². The van der Waals surface area contributed by atoms with Crippen molar-refractivity contribution in [1.29, 1.82) is 0 Å². The zero-order chi connectivity index (χ0) is 47.7. The molecule has 0 unspecified atom stereocenters. The van der Waals surface area contributed by atoms with Gasteiger partial charge in [0.1, 0.15) is 0 Å². The second-order valence-corrected chi connectivity index (χ2v) is 33.5. The van der Waals surface area contributed by atoms with Crippen LogP contribution in [0, 0.1) is 35.9 Å². The largest absolute Gasteiger partial charge is 4.00 e. The summed E-state index contributed by atoms with van der Waals surface area (Å²) >= 11 is 0. The van der Waals surface area contributed by atoms with Crippen molar-refractivity contribution in [3.63, 3.8) is 0 Å². The van der Waals surface area contributed by atoms with Gasteiger partial charge in [0.25, 0.3) is 0 Å². The summed E-state index contributed by atoms with van der Waals surface area (Å²) in [4.78, 5) is 21.0. The van der Waals surface area contributed by atoms with E-state index in [0.29, 0.717) is 0 Å². The Morgan fingerprint density at radius 1 is 0.446 bits per heavy atom. The Hall–Kier alpha value is -2.63. The van der Waals surface area contributed by atoms with Gasteiger partial charge in [-0.15, -0.1) is 22.1 Å². The molecule has 6 rings (SSSR count). The van der Waals surface area contributed by atoms with Crippen LogP contribution in [-0.2, 0) is 56.6 Å². The van der Waals surface area contributed by atoms with Crippen molar-refractivity contribution in [2.45, 2.75) is 179 Å². The standard InChI is InChI=1S/C36H44N4.3C5H9Si.C4H8O.Li.Zr/c1-9-21-22(10-2)30-18-32-25(13-5)26(14-6)34(39-32)20-36-28(16-8)27(15-7)35(40-36)19-33-24(12-4)23(11-3)31(38-33)17-29(21)37-30;3*1-5-6(2,3)4;1-2-4-5-3-1;;/h17-20H,9-16H2,1-8H3;3*2-4H3;1-4H2;;/q-2;3*-1;;+1;+4. The summed E-state index contributed by atoms with van der Waals surface area (Å²) < 4.78 is 4.94. The molecule has 3 aromatic heterocycles. The van der Waals surface area contributed by atoms with Gasteiger partial charge in [-0.05, 0) is 86.5 Å². The van der Waals surface area contributed by atoms with E-state index in [2.05, 4.69) is 155 Å². The maximum absolute atomic E-state index is 6.67. The van der Waals surface area contributed by atoms with Gasteiger partial charge in [0.05, 0.1) is 47.0 Å². The Morgan fingerprint density at radius 2 is 0.646 bits per heavy atom. The minimum Gasteiger partial charge on any atom is -0.701 e. The van der Waals surface area contributed by atoms with E-state index < -0.39 is 24.2 Å². The summed E-state index contributed by atoms with van der Waals surface area (Å²) in [5.41, 5.74) is 26.6. The van der Waals surface area contributed by atoms with Crippen LogP contribution in [0.1, 0.15) is 139 Å². The van der Waals surface area contributed by atoms with E-state index in [-0.39, 0.29) is 45.1 Å². The molecule has 10 heteroatoms. The average Bonchev–Trinajstić information content (AvgIpc) is 4.08. The van der Waals surface area contributed by atoms with Gasteiger partial charge in [0.2, 0.25) is 0 Å². The van der Waals surface area contributed by atoms with Gasteiger partial charge in [-0.1, -0.05) is 161 Å². The van der Waals surface area contributed by atoms with Crippen LogP contribution >= 0.6 is 0 Å². The molecule has 342 valence electrons. The first kappa shape index (κ1) is 62.4. The number of hydrogen-bond donors (Lipinski definition) is 0. The molecule has 1 saturated heterocycles. The van der Waals surface area contributed by atoms with Crippen molar-refractivity contribution in [2.24, 2.45) is 0 Å². The molecule has 0 aromatic carbocycles. The predicted molar refractivity (Wildman–Crippen MR) is 283 cm³/mol. The second kappa shape index (κ2) is 29.3. The van der Waals surface area contributed by atoms with Crippen LogP contribution in [0.25, 0.3) is 44.4 Å². The fourth-order valence-electron chi connectivity index (χ4n) is 7.44. The van der Waals surface area contributed by atoms with Crippen LogP contribution in [0.15, 0.2) is 24.3 Å². The summed E-state index contributed by atoms with van der Waals surface area (Å²) in [5, 5.41) is 0. The fourth-order valence-corrected chi connectivity index (χ4v) is 7.44. The monoisotopic (exact) mass is 992 g/mol. The number of hydrogen-bond acceptors (Lipinski definition) is 3. The van der Waals surface area contributed by atoms with E-state index in [4.69, 9.17) is 43.9 Å². The van der Waals surface area contributed by atoms with Crippen LogP contribution in [0.2, 0.25) is 58.9 Å². The van der Waals surface area contributed by atoms with Crippen molar-refractivity contribution >= 4 is 68.6 Å². The van der Waals surface area contributed by atoms with Crippen molar-refractivity contribution in [3.8, 4) is 16.6 Å². The fraction of sp³-hybridized carbons (Fsp3) is 0.527. The van der Waals surface area contributed by atoms with Gasteiger partial charge in [0, 0.05) is 13.2 Å².